The monoisotopic (exact) mass is 139 g/mol. The van der Waals surface area contributed by atoms with Crippen LogP contribution in [-0.4, -0.2) is 10.1 Å². The average Bonchev–Trinajstić information content (AvgIpc) is 2.11. The Hall–Kier alpha value is -0.920. The molecular formula is C8H13NO. The van der Waals surface area contributed by atoms with Gasteiger partial charge in [0.2, 0.25) is 0 Å². The molecule has 0 fully saturated rings. The summed E-state index contributed by atoms with van der Waals surface area (Å²) < 4.78 is 0. The minimum Gasteiger partial charge on any atom is -0.506 e. The van der Waals surface area contributed by atoms with Crippen molar-refractivity contribution >= 4 is 0 Å². The van der Waals surface area contributed by atoms with Crippen molar-refractivity contribution in [1.82, 2.24) is 4.98 Å². The minimum atomic E-state index is 0.0982. The minimum absolute atomic E-state index is 0.0982. The van der Waals surface area contributed by atoms with Gasteiger partial charge in [0.25, 0.3) is 0 Å². The number of hydrogen-bond donors (Lipinski definition) is 2. The lowest BCUT2D eigenvalue weighted by Crippen LogP contribution is -2.10. The topological polar surface area (TPSA) is 36.0 Å². The first-order chi connectivity index (χ1) is 4.50. The van der Waals surface area contributed by atoms with Crippen LogP contribution >= 0.6 is 0 Å². The van der Waals surface area contributed by atoms with Crippen molar-refractivity contribution in [2.24, 2.45) is 0 Å². The summed E-state index contributed by atoms with van der Waals surface area (Å²) in [5, 5.41) is 8.99. The molecule has 1 aromatic rings. The van der Waals surface area contributed by atoms with Crippen LogP contribution in [0.25, 0.3) is 0 Å². The molecule has 0 unspecified atom stereocenters. The van der Waals surface area contributed by atoms with Gasteiger partial charge in [-0.3, -0.25) is 0 Å². The molecule has 56 valence electrons. The van der Waals surface area contributed by atoms with Crippen molar-refractivity contribution in [3.63, 3.8) is 0 Å². The van der Waals surface area contributed by atoms with Crippen molar-refractivity contribution in [2.45, 2.75) is 26.2 Å². The maximum absolute atomic E-state index is 8.99. The largest absolute Gasteiger partial charge is 0.506 e. The van der Waals surface area contributed by atoms with E-state index in [1.807, 2.05) is 0 Å². The zero-order valence-electron chi connectivity index (χ0n) is 6.60. The summed E-state index contributed by atoms with van der Waals surface area (Å²) in [6, 6.07) is 1.75. The molecule has 1 rings (SSSR count). The maximum Gasteiger partial charge on any atom is 0.133 e. The molecule has 0 aromatic carbocycles. The predicted octanol–water partition coefficient (Wildman–Crippen LogP) is 2.02. The van der Waals surface area contributed by atoms with Gasteiger partial charge in [0.1, 0.15) is 5.75 Å². The Morgan fingerprint density at radius 1 is 1.40 bits per heavy atom. The van der Waals surface area contributed by atoms with Crippen molar-refractivity contribution in [2.75, 3.05) is 0 Å². The van der Waals surface area contributed by atoms with E-state index in [0.717, 1.165) is 5.69 Å². The van der Waals surface area contributed by atoms with Crippen LogP contribution in [-0.2, 0) is 5.41 Å². The van der Waals surface area contributed by atoms with Gasteiger partial charge in [-0.05, 0) is 0 Å². The highest BCUT2D eigenvalue weighted by molar-refractivity contribution is 5.25. The van der Waals surface area contributed by atoms with E-state index in [4.69, 9.17) is 5.11 Å². The smallest absolute Gasteiger partial charge is 0.133 e. The van der Waals surface area contributed by atoms with Gasteiger partial charge in [0.05, 0.1) is 0 Å². The van der Waals surface area contributed by atoms with Crippen LogP contribution in [0.1, 0.15) is 26.5 Å². The first kappa shape index (κ1) is 7.19. The molecule has 0 amide bonds. The summed E-state index contributed by atoms with van der Waals surface area (Å²) >= 11 is 0. The molecule has 1 heterocycles. The van der Waals surface area contributed by atoms with Crippen molar-refractivity contribution in [1.29, 1.82) is 0 Å². The molecule has 0 atom stereocenters. The highest BCUT2D eigenvalue weighted by Gasteiger charge is 2.14. The van der Waals surface area contributed by atoms with Crippen LogP contribution in [0, 0.1) is 0 Å². The second-order valence-electron chi connectivity index (χ2n) is 3.52. The van der Waals surface area contributed by atoms with Crippen LogP contribution in [0.2, 0.25) is 0 Å². The number of rotatable bonds is 0. The van der Waals surface area contributed by atoms with Gasteiger partial charge < -0.3 is 10.1 Å². The van der Waals surface area contributed by atoms with E-state index in [0.29, 0.717) is 5.75 Å². The fourth-order valence-corrected chi connectivity index (χ4v) is 0.816. The number of aromatic amines is 1. The lowest BCUT2D eigenvalue weighted by molar-refractivity contribution is 0.475. The van der Waals surface area contributed by atoms with Crippen LogP contribution < -0.4 is 0 Å². The summed E-state index contributed by atoms with van der Waals surface area (Å²) in [6.45, 7) is 6.29. The lowest BCUT2D eigenvalue weighted by Gasteiger charge is -2.15. The first-order valence-electron chi connectivity index (χ1n) is 3.38. The lowest BCUT2D eigenvalue weighted by atomic mass is 9.93. The fraction of sp³-hybridized carbons (Fsp3) is 0.500. The van der Waals surface area contributed by atoms with Gasteiger partial charge in [-0.2, -0.15) is 0 Å². The van der Waals surface area contributed by atoms with Gasteiger partial charge in [0.15, 0.2) is 0 Å². The third-order valence-electron chi connectivity index (χ3n) is 1.48. The Kier molecular flexibility index (Phi) is 1.47. The van der Waals surface area contributed by atoms with Crippen LogP contribution in [0.5, 0.6) is 5.75 Å². The van der Waals surface area contributed by atoms with Crippen LogP contribution in [0.15, 0.2) is 12.3 Å². The standard InChI is InChI=1S/C8H13NO/c1-8(2,3)7-4-6(10)5-9-7/h4-5,9-10H,1-3H3. The third kappa shape index (κ3) is 1.32. The Balaban J connectivity index is 2.96. The summed E-state index contributed by atoms with van der Waals surface area (Å²) in [4.78, 5) is 3.00. The summed E-state index contributed by atoms with van der Waals surface area (Å²) in [7, 11) is 0. The number of aromatic nitrogens is 1. The second-order valence-corrected chi connectivity index (χ2v) is 3.52. The molecule has 0 aliphatic heterocycles. The van der Waals surface area contributed by atoms with E-state index in [1.165, 1.54) is 0 Å². The average molecular weight is 139 g/mol. The van der Waals surface area contributed by atoms with Gasteiger partial charge in [-0.15, -0.1) is 0 Å². The quantitative estimate of drug-likeness (QED) is 0.566. The third-order valence-corrected chi connectivity index (χ3v) is 1.48. The molecule has 0 spiro atoms. The molecule has 2 heteroatoms. The van der Waals surface area contributed by atoms with E-state index in [2.05, 4.69) is 25.8 Å². The molecular weight excluding hydrogens is 126 g/mol. The molecule has 1 aromatic heterocycles. The van der Waals surface area contributed by atoms with E-state index in [9.17, 15) is 0 Å². The zero-order chi connectivity index (χ0) is 7.78. The van der Waals surface area contributed by atoms with E-state index < -0.39 is 0 Å². The molecule has 2 nitrogen and oxygen atoms in total. The zero-order valence-corrected chi connectivity index (χ0v) is 6.60. The Morgan fingerprint density at radius 3 is 2.20 bits per heavy atom. The van der Waals surface area contributed by atoms with Crippen LogP contribution in [0.3, 0.4) is 0 Å². The highest BCUT2D eigenvalue weighted by Crippen LogP contribution is 2.23. The summed E-state index contributed by atoms with van der Waals surface area (Å²) in [6.07, 6.45) is 1.60. The van der Waals surface area contributed by atoms with Gasteiger partial charge in [0, 0.05) is 23.4 Å². The molecule has 0 radical (unpaired) electrons. The number of aromatic hydroxyl groups is 1. The number of hydrogen-bond acceptors (Lipinski definition) is 1. The Labute approximate surface area is 60.9 Å². The Morgan fingerprint density at radius 2 is 2.00 bits per heavy atom. The van der Waals surface area contributed by atoms with Crippen molar-refractivity contribution < 1.29 is 5.11 Å². The molecule has 10 heavy (non-hydrogen) atoms. The molecule has 0 saturated heterocycles. The highest BCUT2D eigenvalue weighted by atomic mass is 16.3. The number of nitrogens with one attached hydrogen (secondary N) is 1. The van der Waals surface area contributed by atoms with Crippen LogP contribution in [0.4, 0.5) is 0 Å². The van der Waals surface area contributed by atoms with Crippen molar-refractivity contribution in [3.8, 4) is 5.75 Å². The molecule has 0 aliphatic carbocycles. The Bertz CT molecular complexity index is 219. The van der Waals surface area contributed by atoms with Gasteiger partial charge in [-0.1, -0.05) is 20.8 Å². The molecule has 0 saturated carbocycles. The fourth-order valence-electron chi connectivity index (χ4n) is 0.816. The first-order valence-corrected chi connectivity index (χ1v) is 3.38. The normalized spacial score (nSPS) is 11.9. The maximum atomic E-state index is 8.99. The van der Waals surface area contributed by atoms with E-state index >= 15 is 0 Å². The summed E-state index contributed by atoms with van der Waals surface area (Å²) in [5.41, 5.74) is 1.16. The number of H-pyrrole nitrogens is 1. The summed E-state index contributed by atoms with van der Waals surface area (Å²) in [5.74, 6) is 0.310. The van der Waals surface area contributed by atoms with E-state index in [1.54, 1.807) is 12.3 Å². The van der Waals surface area contributed by atoms with Gasteiger partial charge >= 0.3 is 0 Å². The SMILES string of the molecule is CC(C)(C)c1cc(O)c[nH]1. The predicted molar refractivity (Wildman–Crippen MR) is 41.2 cm³/mol. The molecule has 0 bridgehead atoms. The van der Waals surface area contributed by atoms with Gasteiger partial charge in [-0.25, -0.2) is 0 Å². The second kappa shape index (κ2) is 2.04. The molecule has 0 aliphatic rings. The van der Waals surface area contributed by atoms with E-state index in [-0.39, 0.29) is 5.41 Å². The molecule has 2 N–H and O–H groups in total. The van der Waals surface area contributed by atoms with Crippen molar-refractivity contribution in [3.05, 3.63) is 18.0 Å².